The van der Waals surface area contributed by atoms with E-state index in [2.05, 4.69) is 19.9 Å². The zero-order valence-electron chi connectivity index (χ0n) is 13.0. The molecule has 114 valence electrons. The van der Waals surface area contributed by atoms with E-state index >= 15 is 0 Å². The molecule has 0 bridgehead atoms. The molecule has 0 aromatic heterocycles. The Morgan fingerprint density at radius 2 is 1.95 bits per heavy atom. The molecule has 0 saturated carbocycles. The predicted octanol–water partition coefficient (Wildman–Crippen LogP) is 2.69. The summed E-state index contributed by atoms with van der Waals surface area (Å²) in [5.74, 6) is 0.0329. The number of amides is 1. The molecule has 1 rings (SSSR count). The third-order valence-electron chi connectivity index (χ3n) is 3.67. The fourth-order valence-electron chi connectivity index (χ4n) is 2.24. The van der Waals surface area contributed by atoms with Crippen LogP contribution in [0.15, 0.2) is 30.3 Å². The van der Waals surface area contributed by atoms with E-state index in [0.717, 1.165) is 18.4 Å². The molecule has 1 amide bonds. The van der Waals surface area contributed by atoms with Gasteiger partial charge in [-0.15, -0.1) is 0 Å². The normalized spacial score (nSPS) is 11.0. The van der Waals surface area contributed by atoms with Gasteiger partial charge in [-0.05, 0) is 30.4 Å². The maximum absolute atomic E-state index is 12.3. The topological polar surface area (TPSA) is 70.1 Å². The minimum atomic E-state index is 0.0329. The summed E-state index contributed by atoms with van der Waals surface area (Å²) in [6, 6.07) is 11.8. The number of hydrogen-bond acceptors (Lipinski definition) is 3. The number of carbonyl (C=O) groups excluding carboxylic acids is 1. The van der Waals surface area contributed by atoms with Gasteiger partial charge in [-0.1, -0.05) is 44.2 Å². The van der Waals surface area contributed by atoms with Crippen LogP contribution in [-0.2, 0) is 11.3 Å². The van der Waals surface area contributed by atoms with Gasteiger partial charge in [0.15, 0.2) is 0 Å². The van der Waals surface area contributed by atoms with Gasteiger partial charge in [0, 0.05) is 13.0 Å². The standard InChI is InChI=1S/C17H25N3O/c1-17(2,10-11-18)9-8-16(21)20(13-12-19)14-15-6-4-3-5-7-15/h3-7H,8-11,13-14,18H2,1-2H3. The summed E-state index contributed by atoms with van der Waals surface area (Å²) in [5, 5.41) is 8.92. The van der Waals surface area contributed by atoms with E-state index in [-0.39, 0.29) is 17.9 Å². The lowest BCUT2D eigenvalue weighted by Gasteiger charge is -2.26. The molecule has 0 heterocycles. The lowest BCUT2D eigenvalue weighted by molar-refractivity contribution is -0.131. The van der Waals surface area contributed by atoms with Crippen LogP contribution in [-0.4, -0.2) is 23.9 Å². The molecule has 4 nitrogen and oxygen atoms in total. The number of nitriles is 1. The van der Waals surface area contributed by atoms with Crippen molar-refractivity contribution in [1.29, 1.82) is 5.26 Å². The highest BCUT2D eigenvalue weighted by Crippen LogP contribution is 2.26. The van der Waals surface area contributed by atoms with Gasteiger partial charge in [0.2, 0.25) is 5.91 Å². The van der Waals surface area contributed by atoms with Crippen molar-refractivity contribution in [2.75, 3.05) is 13.1 Å². The van der Waals surface area contributed by atoms with Crippen molar-refractivity contribution in [1.82, 2.24) is 4.90 Å². The molecular weight excluding hydrogens is 262 g/mol. The van der Waals surface area contributed by atoms with Crippen LogP contribution in [0, 0.1) is 16.7 Å². The molecule has 0 unspecified atom stereocenters. The molecule has 0 aliphatic rings. The summed E-state index contributed by atoms with van der Waals surface area (Å²) in [5.41, 5.74) is 6.70. The first-order valence-electron chi connectivity index (χ1n) is 7.37. The third-order valence-corrected chi connectivity index (χ3v) is 3.67. The molecule has 1 aromatic rings. The Morgan fingerprint density at radius 3 is 2.52 bits per heavy atom. The van der Waals surface area contributed by atoms with Gasteiger partial charge in [-0.2, -0.15) is 5.26 Å². The molecule has 0 fully saturated rings. The molecule has 0 aliphatic heterocycles. The van der Waals surface area contributed by atoms with Crippen molar-refractivity contribution in [2.24, 2.45) is 11.1 Å². The summed E-state index contributed by atoms with van der Waals surface area (Å²) in [6.07, 6.45) is 2.15. The number of rotatable bonds is 8. The van der Waals surface area contributed by atoms with Crippen molar-refractivity contribution in [2.45, 2.75) is 39.7 Å². The fourth-order valence-corrected chi connectivity index (χ4v) is 2.24. The molecule has 0 saturated heterocycles. The number of nitrogens with zero attached hydrogens (tertiary/aromatic N) is 2. The quantitative estimate of drug-likeness (QED) is 0.747. The van der Waals surface area contributed by atoms with E-state index < -0.39 is 0 Å². The van der Waals surface area contributed by atoms with Crippen LogP contribution in [0.25, 0.3) is 0 Å². The van der Waals surface area contributed by atoms with Crippen molar-refractivity contribution < 1.29 is 4.79 Å². The molecule has 4 heteroatoms. The van der Waals surface area contributed by atoms with Crippen molar-refractivity contribution in [3.63, 3.8) is 0 Å². The average Bonchev–Trinajstić information content (AvgIpc) is 2.45. The molecule has 1 aromatic carbocycles. The van der Waals surface area contributed by atoms with Gasteiger partial charge in [-0.25, -0.2) is 0 Å². The largest absolute Gasteiger partial charge is 0.330 e. The van der Waals surface area contributed by atoms with Crippen molar-refractivity contribution in [3.8, 4) is 6.07 Å². The van der Waals surface area contributed by atoms with Gasteiger partial charge in [0.1, 0.15) is 6.54 Å². The smallest absolute Gasteiger partial charge is 0.223 e. The van der Waals surface area contributed by atoms with Crippen LogP contribution in [0.4, 0.5) is 0 Å². The van der Waals surface area contributed by atoms with Gasteiger partial charge in [-0.3, -0.25) is 4.79 Å². The summed E-state index contributed by atoms with van der Waals surface area (Å²) in [7, 11) is 0. The maximum Gasteiger partial charge on any atom is 0.223 e. The molecule has 0 spiro atoms. The van der Waals surface area contributed by atoms with Crippen LogP contribution >= 0.6 is 0 Å². The molecule has 21 heavy (non-hydrogen) atoms. The van der Waals surface area contributed by atoms with Crippen molar-refractivity contribution in [3.05, 3.63) is 35.9 Å². The molecule has 0 radical (unpaired) electrons. The van der Waals surface area contributed by atoms with E-state index in [0.29, 0.717) is 19.5 Å². The highest BCUT2D eigenvalue weighted by Gasteiger charge is 2.21. The van der Waals surface area contributed by atoms with Gasteiger partial charge >= 0.3 is 0 Å². The first kappa shape index (κ1) is 17.2. The second-order valence-corrected chi connectivity index (χ2v) is 6.10. The van der Waals surface area contributed by atoms with E-state index in [1.165, 1.54) is 0 Å². The lowest BCUT2D eigenvalue weighted by Crippen LogP contribution is -2.32. The predicted molar refractivity (Wildman–Crippen MR) is 84.2 cm³/mol. The second-order valence-electron chi connectivity index (χ2n) is 6.10. The number of benzene rings is 1. The van der Waals surface area contributed by atoms with E-state index in [1.54, 1.807) is 4.90 Å². The summed E-state index contributed by atoms with van der Waals surface area (Å²) >= 11 is 0. The minimum absolute atomic E-state index is 0.0329. The zero-order valence-corrected chi connectivity index (χ0v) is 13.0. The highest BCUT2D eigenvalue weighted by molar-refractivity contribution is 5.76. The zero-order chi connectivity index (χ0) is 15.7. The van der Waals surface area contributed by atoms with E-state index in [9.17, 15) is 4.79 Å². The third kappa shape index (κ3) is 6.42. The number of hydrogen-bond donors (Lipinski definition) is 1. The average molecular weight is 287 g/mol. The Bertz CT molecular complexity index is 477. The van der Waals surface area contributed by atoms with Gasteiger partial charge in [0.25, 0.3) is 0 Å². The first-order valence-corrected chi connectivity index (χ1v) is 7.37. The number of nitrogens with two attached hydrogens (primary N) is 1. The van der Waals surface area contributed by atoms with Crippen LogP contribution in [0.2, 0.25) is 0 Å². The van der Waals surface area contributed by atoms with Crippen LogP contribution in [0.3, 0.4) is 0 Å². The van der Waals surface area contributed by atoms with E-state index in [1.807, 2.05) is 30.3 Å². The fraction of sp³-hybridized carbons (Fsp3) is 0.529. The Morgan fingerprint density at radius 1 is 1.29 bits per heavy atom. The highest BCUT2D eigenvalue weighted by atomic mass is 16.2. The number of carbonyl (C=O) groups is 1. The summed E-state index contributed by atoms with van der Waals surface area (Å²) in [6.45, 7) is 5.50. The maximum atomic E-state index is 12.3. The van der Waals surface area contributed by atoms with Crippen LogP contribution < -0.4 is 5.73 Å². The summed E-state index contributed by atoms with van der Waals surface area (Å²) in [4.78, 5) is 14.0. The molecular formula is C17H25N3O. The monoisotopic (exact) mass is 287 g/mol. The van der Waals surface area contributed by atoms with E-state index in [4.69, 9.17) is 11.0 Å². The minimum Gasteiger partial charge on any atom is -0.330 e. The Kier molecular flexibility index (Phi) is 6.90. The Balaban J connectivity index is 2.60. The molecule has 2 N–H and O–H groups in total. The summed E-state index contributed by atoms with van der Waals surface area (Å²) < 4.78 is 0. The van der Waals surface area contributed by atoms with Gasteiger partial charge < -0.3 is 10.6 Å². The first-order chi connectivity index (χ1) is 9.98. The van der Waals surface area contributed by atoms with Crippen LogP contribution in [0.1, 0.15) is 38.7 Å². The van der Waals surface area contributed by atoms with Crippen molar-refractivity contribution >= 4 is 5.91 Å². The SMILES string of the molecule is CC(C)(CCN)CCC(=O)N(CC#N)Cc1ccccc1. The molecule has 0 atom stereocenters. The Hall–Kier alpha value is -1.86. The Labute approximate surface area is 127 Å². The van der Waals surface area contributed by atoms with Gasteiger partial charge in [0.05, 0.1) is 6.07 Å². The second kappa shape index (κ2) is 8.43. The molecule has 0 aliphatic carbocycles. The van der Waals surface area contributed by atoms with Crippen LogP contribution in [0.5, 0.6) is 0 Å². The lowest BCUT2D eigenvalue weighted by atomic mass is 9.84.